The van der Waals surface area contributed by atoms with E-state index in [1.54, 1.807) is 12.3 Å². The summed E-state index contributed by atoms with van der Waals surface area (Å²) in [5, 5.41) is 0. The molecule has 0 bridgehead atoms. The van der Waals surface area contributed by atoms with Crippen molar-refractivity contribution >= 4 is 17.7 Å². The highest BCUT2D eigenvalue weighted by atomic mass is 32.3. The fraction of sp³-hybridized carbons (Fsp3) is 1.00. The monoisotopic (exact) mass is 608 g/mol. The quantitative estimate of drug-likeness (QED) is 0.0381. The van der Waals surface area contributed by atoms with Crippen LogP contribution in [0.2, 0.25) is 0 Å². The Morgan fingerprint density at radius 3 is 0.750 bits per heavy atom. The fourth-order valence-electron chi connectivity index (χ4n) is 5.58. The van der Waals surface area contributed by atoms with Crippen LogP contribution in [-0.4, -0.2) is 43.2 Å². The summed E-state index contributed by atoms with van der Waals surface area (Å²) in [6.07, 6.45) is 44.5. The predicted molar refractivity (Wildman–Crippen MR) is 181 cm³/mol. The van der Waals surface area contributed by atoms with Crippen LogP contribution in [0, 0.1) is 0 Å². The zero-order chi connectivity index (χ0) is 30.2. The van der Waals surface area contributed by atoms with E-state index in [9.17, 15) is 0 Å². The lowest BCUT2D eigenvalue weighted by Gasteiger charge is -2.18. The highest BCUT2D eigenvalue weighted by Gasteiger charge is 2.23. The molecule has 0 radical (unpaired) electrons. The third-order valence-electron chi connectivity index (χ3n) is 8.23. The Morgan fingerprint density at radius 1 is 0.425 bits per heavy atom. The third kappa shape index (κ3) is 45.3. The molecule has 0 saturated heterocycles. The van der Waals surface area contributed by atoms with E-state index >= 15 is 0 Å². The van der Waals surface area contributed by atoms with Crippen LogP contribution in [0.1, 0.15) is 194 Å². The lowest BCUT2D eigenvalue weighted by Crippen LogP contribution is -2.01. The Labute approximate surface area is 254 Å². The molecule has 0 aromatic heterocycles. The van der Waals surface area contributed by atoms with Crippen molar-refractivity contribution in [2.24, 2.45) is 0 Å². The minimum atomic E-state index is -4.92. The molecule has 0 aromatic rings. The Kier molecular flexibility index (Phi) is 34.2. The third-order valence-corrected chi connectivity index (χ3v) is 11.3. The van der Waals surface area contributed by atoms with Gasteiger partial charge >= 0.3 is 0 Å². The smallest absolute Gasteiger partial charge is 0.215 e. The Hall–Kier alpha value is 0.300. The van der Waals surface area contributed by atoms with E-state index in [1.165, 1.54) is 180 Å². The van der Waals surface area contributed by atoms with E-state index in [4.69, 9.17) is 17.5 Å². The standard InChI is InChI=1S/C34H72P.H2O4S/c1-5-7-9-11-13-15-17-19-21-23-25-27-29-31-33-35(3,4)34-32-30-28-26-24-22-20-18-16-14-12-10-8-6-2;1-5(2,3)4/h5-34H2,1-4H3;(H2,1,2,3,4)/q+1;/p-1. The van der Waals surface area contributed by atoms with Crippen LogP contribution >= 0.6 is 7.26 Å². The van der Waals surface area contributed by atoms with Gasteiger partial charge in [-0.15, -0.1) is 0 Å². The first kappa shape index (κ1) is 42.4. The van der Waals surface area contributed by atoms with E-state index in [0.29, 0.717) is 0 Å². The van der Waals surface area contributed by atoms with E-state index in [0.717, 1.165) is 0 Å². The topological polar surface area (TPSA) is 77.4 Å². The van der Waals surface area contributed by atoms with Crippen LogP contribution in [-0.2, 0) is 10.4 Å². The molecular formula is C34H73O4PS. The average molecular weight is 609 g/mol. The van der Waals surface area contributed by atoms with Crippen LogP contribution in [0.4, 0.5) is 0 Å². The van der Waals surface area contributed by atoms with E-state index in [2.05, 4.69) is 27.2 Å². The second-order valence-corrected chi connectivity index (χ2v) is 18.6. The molecule has 0 saturated carbocycles. The van der Waals surface area contributed by atoms with Crippen molar-refractivity contribution in [2.75, 3.05) is 25.7 Å². The van der Waals surface area contributed by atoms with Crippen LogP contribution in [0.3, 0.4) is 0 Å². The van der Waals surface area contributed by atoms with Gasteiger partial charge in [0, 0.05) is 20.6 Å². The molecule has 6 heteroatoms. The maximum absolute atomic E-state index is 8.63. The van der Waals surface area contributed by atoms with E-state index in [-0.39, 0.29) is 0 Å². The van der Waals surface area contributed by atoms with Crippen molar-refractivity contribution < 1.29 is 17.5 Å². The summed E-state index contributed by atoms with van der Waals surface area (Å²) in [6.45, 7) is 9.89. The molecule has 0 unspecified atom stereocenters. The molecule has 0 aliphatic rings. The van der Waals surface area contributed by atoms with Crippen molar-refractivity contribution in [1.82, 2.24) is 0 Å². The summed E-state index contributed by atoms with van der Waals surface area (Å²) < 4.78 is 32.8. The maximum atomic E-state index is 8.63. The first-order chi connectivity index (χ1) is 19.1. The minimum Gasteiger partial charge on any atom is -0.726 e. The summed E-state index contributed by atoms with van der Waals surface area (Å²) in [6, 6.07) is 0. The van der Waals surface area contributed by atoms with E-state index < -0.39 is 17.7 Å². The van der Waals surface area contributed by atoms with Gasteiger partial charge in [0.05, 0.1) is 12.3 Å². The van der Waals surface area contributed by atoms with Gasteiger partial charge in [-0.05, 0) is 25.7 Å². The molecule has 0 amide bonds. The van der Waals surface area contributed by atoms with Gasteiger partial charge in [-0.25, -0.2) is 8.42 Å². The molecule has 0 aliphatic carbocycles. The lowest BCUT2D eigenvalue weighted by molar-refractivity contribution is 0.366. The molecule has 0 spiro atoms. The number of hydrogen-bond donors (Lipinski definition) is 1. The molecule has 0 heterocycles. The normalized spacial score (nSPS) is 11.9. The maximum Gasteiger partial charge on any atom is 0.215 e. The van der Waals surface area contributed by atoms with Crippen LogP contribution in [0.15, 0.2) is 0 Å². The molecule has 0 atom stereocenters. The largest absolute Gasteiger partial charge is 0.726 e. The molecular weight excluding hydrogens is 535 g/mol. The van der Waals surface area contributed by atoms with Crippen molar-refractivity contribution in [1.29, 1.82) is 0 Å². The molecule has 0 rings (SSSR count). The van der Waals surface area contributed by atoms with Gasteiger partial charge in [0.25, 0.3) is 0 Å². The molecule has 0 aromatic carbocycles. The molecule has 40 heavy (non-hydrogen) atoms. The summed E-state index contributed by atoms with van der Waals surface area (Å²) in [4.78, 5) is 0. The Balaban J connectivity index is 0. The van der Waals surface area contributed by atoms with Gasteiger partial charge in [0.1, 0.15) is 0 Å². The van der Waals surface area contributed by atoms with Crippen LogP contribution in [0.5, 0.6) is 0 Å². The van der Waals surface area contributed by atoms with Gasteiger partial charge < -0.3 is 4.55 Å². The summed E-state index contributed by atoms with van der Waals surface area (Å²) in [5.74, 6) is 0. The highest BCUT2D eigenvalue weighted by Crippen LogP contribution is 2.52. The second kappa shape index (κ2) is 32.2. The van der Waals surface area contributed by atoms with Crippen LogP contribution < -0.4 is 0 Å². The molecule has 0 fully saturated rings. The van der Waals surface area contributed by atoms with Gasteiger partial charge in [-0.3, -0.25) is 4.55 Å². The van der Waals surface area contributed by atoms with E-state index in [1.807, 2.05) is 0 Å². The van der Waals surface area contributed by atoms with Gasteiger partial charge in [-0.2, -0.15) is 0 Å². The Bertz CT molecular complexity index is 538. The van der Waals surface area contributed by atoms with Crippen molar-refractivity contribution in [3.8, 4) is 0 Å². The predicted octanol–water partition coefficient (Wildman–Crippen LogP) is 12.2. The summed E-state index contributed by atoms with van der Waals surface area (Å²) >= 11 is 0. The zero-order valence-corrected chi connectivity index (χ0v) is 29.5. The zero-order valence-electron chi connectivity index (χ0n) is 27.7. The van der Waals surface area contributed by atoms with Gasteiger partial charge in [0.15, 0.2) is 0 Å². The first-order valence-corrected chi connectivity index (χ1v) is 22.0. The van der Waals surface area contributed by atoms with Crippen molar-refractivity contribution in [2.45, 2.75) is 194 Å². The first-order valence-electron chi connectivity index (χ1n) is 17.6. The summed E-state index contributed by atoms with van der Waals surface area (Å²) in [5.41, 5.74) is 0. The number of hydrogen-bond acceptors (Lipinski definition) is 3. The minimum absolute atomic E-state index is 0.612. The van der Waals surface area contributed by atoms with Crippen molar-refractivity contribution in [3.05, 3.63) is 0 Å². The number of unbranched alkanes of at least 4 members (excludes halogenated alkanes) is 26. The molecule has 4 nitrogen and oxygen atoms in total. The van der Waals surface area contributed by atoms with Crippen LogP contribution in [0.25, 0.3) is 0 Å². The second-order valence-electron chi connectivity index (χ2n) is 13.0. The molecule has 1 N–H and O–H groups in total. The molecule has 0 aliphatic heterocycles. The Morgan fingerprint density at radius 2 is 0.575 bits per heavy atom. The number of rotatable bonds is 30. The average Bonchev–Trinajstić information content (AvgIpc) is 2.88. The van der Waals surface area contributed by atoms with Gasteiger partial charge in [0.2, 0.25) is 10.4 Å². The van der Waals surface area contributed by atoms with Gasteiger partial charge in [-0.1, -0.05) is 168 Å². The lowest BCUT2D eigenvalue weighted by atomic mass is 10.0. The molecule has 244 valence electrons. The SMILES string of the molecule is CCCCCCCCCCCCCCCC[P+](C)(C)CCCCCCCCCCCCCCCC.O=S(=O)([O-])O. The van der Waals surface area contributed by atoms with Crippen molar-refractivity contribution in [3.63, 3.8) is 0 Å². The fourth-order valence-corrected chi connectivity index (χ4v) is 7.96. The highest BCUT2D eigenvalue weighted by molar-refractivity contribution is 7.79. The summed E-state index contributed by atoms with van der Waals surface area (Å²) in [7, 11) is -5.53.